The first-order valence-corrected chi connectivity index (χ1v) is 6.21. The van der Waals surface area contributed by atoms with Crippen LogP contribution in [0.3, 0.4) is 0 Å². The zero-order valence-corrected chi connectivity index (χ0v) is 10.2. The zero-order valence-electron chi connectivity index (χ0n) is 10.2. The molecule has 16 heavy (non-hydrogen) atoms. The van der Waals surface area contributed by atoms with E-state index in [1.165, 1.54) is 16.8 Å². The molecule has 1 atom stereocenters. The van der Waals surface area contributed by atoms with Crippen LogP contribution in [0.1, 0.15) is 49.7 Å². The summed E-state index contributed by atoms with van der Waals surface area (Å²) in [5.74, 6) is 1.10. The summed E-state index contributed by atoms with van der Waals surface area (Å²) in [6.45, 7) is 5.76. The lowest BCUT2D eigenvalue weighted by Crippen LogP contribution is -2.18. The average Bonchev–Trinajstić information content (AvgIpc) is 2.29. The number of benzene rings is 1. The van der Waals surface area contributed by atoms with Crippen molar-refractivity contribution in [1.82, 2.24) is 0 Å². The molecule has 1 heterocycles. The summed E-state index contributed by atoms with van der Waals surface area (Å²) in [5, 5.41) is 12.5. The second-order valence-electron chi connectivity index (χ2n) is 4.93. The van der Waals surface area contributed by atoms with Gasteiger partial charge in [-0.1, -0.05) is 26.0 Å². The Morgan fingerprint density at radius 2 is 2.25 bits per heavy atom. The quantitative estimate of drug-likeness (QED) is 0.818. The molecule has 0 saturated heterocycles. The van der Waals surface area contributed by atoms with Gasteiger partial charge in [-0.25, -0.2) is 0 Å². The Balaban J connectivity index is 2.32. The molecule has 0 aliphatic carbocycles. The van der Waals surface area contributed by atoms with Gasteiger partial charge in [0.05, 0.1) is 0 Å². The van der Waals surface area contributed by atoms with Crippen molar-refractivity contribution in [2.75, 3.05) is 18.5 Å². The highest BCUT2D eigenvalue weighted by molar-refractivity contribution is 5.56. The van der Waals surface area contributed by atoms with Crippen LogP contribution in [0, 0.1) is 0 Å². The van der Waals surface area contributed by atoms with Crippen LogP contribution in [-0.4, -0.2) is 18.3 Å². The van der Waals surface area contributed by atoms with Gasteiger partial charge in [0.1, 0.15) is 0 Å². The van der Waals surface area contributed by atoms with Gasteiger partial charge < -0.3 is 10.4 Å². The van der Waals surface area contributed by atoms with E-state index in [9.17, 15) is 0 Å². The normalized spacial score (nSPS) is 19.4. The predicted octanol–water partition coefficient (Wildman–Crippen LogP) is 3.09. The van der Waals surface area contributed by atoms with Crippen molar-refractivity contribution in [2.45, 2.75) is 38.5 Å². The molecule has 2 nitrogen and oxygen atoms in total. The lowest BCUT2D eigenvalue weighted by Gasteiger charge is -2.27. The molecule has 1 aromatic carbocycles. The second kappa shape index (κ2) is 4.88. The fraction of sp³-hybridized carbons (Fsp3) is 0.571. The van der Waals surface area contributed by atoms with E-state index >= 15 is 0 Å². The summed E-state index contributed by atoms with van der Waals surface area (Å²) in [6.07, 6.45) is 2.02. The van der Waals surface area contributed by atoms with Gasteiger partial charge in [0.2, 0.25) is 0 Å². The molecule has 1 aromatic rings. The zero-order chi connectivity index (χ0) is 11.5. The average molecular weight is 219 g/mol. The van der Waals surface area contributed by atoms with Crippen molar-refractivity contribution in [1.29, 1.82) is 0 Å². The number of fused-ring (bicyclic) bond motifs is 1. The highest BCUT2D eigenvalue weighted by atomic mass is 16.3. The van der Waals surface area contributed by atoms with Gasteiger partial charge in [-0.05, 0) is 41.9 Å². The maximum absolute atomic E-state index is 9.10. The van der Waals surface area contributed by atoms with Crippen LogP contribution in [0.25, 0.3) is 0 Å². The minimum atomic E-state index is 0.288. The number of aliphatic hydroxyl groups is 1. The lowest BCUT2D eigenvalue weighted by molar-refractivity contribution is 0.273. The largest absolute Gasteiger partial charge is 0.396 e. The third-order valence-electron chi connectivity index (χ3n) is 3.47. The van der Waals surface area contributed by atoms with Crippen molar-refractivity contribution in [3.8, 4) is 0 Å². The first-order chi connectivity index (χ1) is 7.72. The van der Waals surface area contributed by atoms with Gasteiger partial charge in [-0.2, -0.15) is 0 Å². The molecular weight excluding hydrogens is 198 g/mol. The standard InChI is InChI=1S/C14H21NO/c1-10(2)12-3-4-14-13(9-12)11(6-8-16)5-7-15-14/h3-4,9-11,15-16H,5-8H2,1-2H3. The molecule has 2 rings (SSSR count). The smallest absolute Gasteiger partial charge is 0.0436 e. The number of anilines is 1. The van der Waals surface area contributed by atoms with Gasteiger partial charge in [-0.15, -0.1) is 0 Å². The van der Waals surface area contributed by atoms with Crippen LogP contribution in [-0.2, 0) is 0 Å². The Morgan fingerprint density at radius 3 is 2.94 bits per heavy atom. The highest BCUT2D eigenvalue weighted by Gasteiger charge is 2.20. The number of hydrogen-bond donors (Lipinski definition) is 2. The van der Waals surface area contributed by atoms with Crippen LogP contribution in [0.15, 0.2) is 18.2 Å². The fourth-order valence-corrected chi connectivity index (χ4v) is 2.43. The van der Waals surface area contributed by atoms with Crippen LogP contribution in [0.2, 0.25) is 0 Å². The van der Waals surface area contributed by atoms with Crippen LogP contribution in [0.5, 0.6) is 0 Å². The summed E-state index contributed by atoms with van der Waals surface area (Å²) < 4.78 is 0. The number of nitrogens with one attached hydrogen (secondary N) is 1. The molecule has 88 valence electrons. The van der Waals surface area contributed by atoms with Crippen LogP contribution in [0.4, 0.5) is 5.69 Å². The molecule has 0 radical (unpaired) electrons. The van der Waals surface area contributed by atoms with E-state index in [2.05, 4.69) is 37.4 Å². The molecule has 0 saturated carbocycles. The first kappa shape index (κ1) is 11.5. The summed E-state index contributed by atoms with van der Waals surface area (Å²) in [7, 11) is 0. The van der Waals surface area contributed by atoms with E-state index in [0.717, 1.165) is 19.4 Å². The SMILES string of the molecule is CC(C)c1ccc2c(c1)C(CCO)CCN2. The van der Waals surface area contributed by atoms with Crippen molar-refractivity contribution in [3.63, 3.8) is 0 Å². The minimum Gasteiger partial charge on any atom is -0.396 e. The van der Waals surface area contributed by atoms with Gasteiger partial charge in [-0.3, -0.25) is 0 Å². The maximum atomic E-state index is 9.10. The molecule has 2 N–H and O–H groups in total. The second-order valence-corrected chi connectivity index (χ2v) is 4.93. The Morgan fingerprint density at radius 1 is 1.44 bits per heavy atom. The highest BCUT2D eigenvalue weighted by Crippen LogP contribution is 2.35. The molecule has 1 aliphatic rings. The topological polar surface area (TPSA) is 32.3 Å². The number of hydrogen-bond acceptors (Lipinski definition) is 2. The molecule has 0 spiro atoms. The summed E-state index contributed by atoms with van der Waals surface area (Å²) in [4.78, 5) is 0. The van der Waals surface area contributed by atoms with Crippen LogP contribution < -0.4 is 5.32 Å². The Hall–Kier alpha value is -1.02. The van der Waals surface area contributed by atoms with E-state index in [0.29, 0.717) is 11.8 Å². The molecule has 0 amide bonds. The predicted molar refractivity (Wildman–Crippen MR) is 68.1 cm³/mol. The van der Waals surface area contributed by atoms with E-state index in [1.54, 1.807) is 0 Å². The van der Waals surface area contributed by atoms with Crippen molar-refractivity contribution >= 4 is 5.69 Å². The molecule has 0 fully saturated rings. The van der Waals surface area contributed by atoms with Crippen molar-refractivity contribution in [2.24, 2.45) is 0 Å². The number of rotatable bonds is 3. The molecular formula is C14H21NO. The summed E-state index contributed by atoms with van der Waals surface area (Å²) >= 11 is 0. The molecule has 1 aliphatic heterocycles. The molecule has 0 aromatic heterocycles. The van der Waals surface area contributed by atoms with E-state index in [4.69, 9.17) is 5.11 Å². The number of aliphatic hydroxyl groups excluding tert-OH is 1. The van der Waals surface area contributed by atoms with Gasteiger partial charge in [0.25, 0.3) is 0 Å². The Labute approximate surface area is 97.7 Å². The minimum absolute atomic E-state index is 0.288. The Bertz CT molecular complexity index is 360. The molecule has 0 bridgehead atoms. The van der Waals surface area contributed by atoms with Crippen LogP contribution >= 0.6 is 0 Å². The third-order valence-corrected chi connectivity index (χ3v) is 3.47. The monoisotopic (exact) mass is 219 g/mol. The lowest BCUT2D eigenvalue weighted by atomic mass is 9.86. The summed E-state index contributed by atoms with van der Waals surface area (Å²) in [6, 6.07) is 6.71. The van der Waals surface area contributed by atoms with E-state index < -0.39 is 0 Å². The third kappa shape index (κ3) is 2.22. The summed E-state index contributed by atoms with van der Waals surface area (Å²) in [5.41, 5.74) is 4.05. The van der Waals surface area contributed by atoms with E-state index in [1.807, 2.05) is 0 Å². The maximum Gasteiger partial charge on any atom is 0.0436 e. The van der Waals surface area contributed by atoms with Gasteiger partial charge in [0.15, 0.2) is 0 Å². The fourth-order valence-electron chi connectivity index (χ4n) is 2.43. The molecule has 2 heteroatoms. The Kier molecular flexibility index (Phi) is 3.49. The van der Waals surface area contributed by atoms with Gasteiger partial charge >= 0.3 is 0 Å². The van der Waals surface area contributed by atoms with Gasteiger partial charge in [0, 0.05) is 18.8 Å². The molecule has 1 unspecified atom stereocenters. The first-order valence-electron chi connectivity index (χ1n) is 6.21. The van der Waals surface area contributed by atoms with Crippen molar-refractivity contribution < 1.29 is 5.11 Å². The van der Waals surface area contributed by atoms with E-state index in [-0.39, 0.29) is 6.61 Å². The van der Waals surface area contributed by atoms with Crippen molar-refractivity contribution in [3.05, 3.63) is 29.3 Å².